The summed E-state index contributed by atoms with van der Waals surface area (Å²) in [5.74, 6) is 3.99. The third-order valence-corrected chi connectivity index (χ3v) is 17.7. The van der Waals surface area contributed by atoms with E-state index in [9.17, 15) is 4.79 Å². The van der Waals surface area contributed by atoms with Gasteiger partial charge < -0.3 is 52.1 Å². The van der Waals surface area contributed by atoms with Gasteiger partial charge in [0.1, 0.15) is 11.5 Å². The average molecular weight is 977 g/mol. The van der Waals surface area contributed by atoms with Gasteiger partial charge in [0.05, 0.1) is 19.8 Å². The van der Waals surface area contributed by atoms with Gasteiger partial charge in [-0.15, -0.1) is 5.10 Å². The van der Waals surface area contributed by atoms with Crippen molar-refractivity contribution < 1.29 is 37.3 Å². The second-order valence-electron chi connectivity index (χ2n) is 22.3. The van der Waals surface area contributed by atoms with Crippen LogP contribution in [0.1, 0.15) is 130 Å². The van der Waals surface area contributed by atoms with E-state index < -0.39 is 5.97 Å². The first-order valence-electron chi connectivity index (χ1n) is 27.2. The van der Waals surface area contributed by atoms with Crippen LogP contribution >= 0.6 is 0 Å². The van der Waals surface area contributed by atoms with E-state index in [2.05, 4.69) is 88.5 Å². The molecule has 2 atom stereocenters. The molecule has 2 aliphatic carbocycles. The van der Waals surface area contributed by atoms with Gasteiger partial charge in [0.15, 0.2) is 0 Å². The number of carbonyl (C=O) groups is 1. The zero-order valence-electron chi connectivity index (χ0n) is 42.0. The van der Waals surface area contributed by atoms with Gasteiger partial charge in [-0.2, -0.15) is 0 Å². The highest BCUT2D eigenvalue weighted by molar-refractivity contribution is 5.84. The minimum Gasteiger partial charge on any atom is -0.493 e. The first-order valence-corrected chi connectivity index (χ1v) is 27.2. The number of esters is 1. The SMILES string of the molecule is CCOC(=O)c1nnc(N2CC3(CC[C@@H](N4CCC(c5ccccc5OCC5CCOCC5)CC4)C3)C2)o1.c1ccc(C2CCN([C@@H]3CCC4(C3)CN(c3nnco3)C4)CC2)c(OCC2CCOCC2)c1. The minimum atomic E-state index is -0.556. The van der Waals surface area contributed by atoms with Crippen LogP contribution in [0.25, 0.3) is 0 Å². The van der Waals surface area contributed by atoms with Crippen LogP contribution in [0.3, 0.4) is 0 Å². The average Bonchev–Trinajstić information content (AvgIpc) is 4.26. The molecule has 0 amide bonds. The fourth-order valence-electron chi connectivity index (χ4n) is 13.6. The molecule has 16 heteroatoms. The van der Waals surface area contributed by atoms with E-state index in [1.807, 2.05) is 0 Å². The van der Waals surface area contributed by atoms with Gasteiger partial charge >= 0.3 is 23.9 Å². The maximum atomic E-state index is 11.8. The van der Waals surface area contributed by atoms with Crippen molar-refractivity contribution in [2.75, 3.05) is 108 Å². The van der Waals surface area contributed by atoms with E-state index in [-0.39, 0.29) is 5.89 Å². The Labute approximate surface area is 419 Å². The summed E-state index contributed by atoms with van der Waals surface area (Å²) in [6.07, 6.45) is 18.4. The van der Waals surface area contributed by atoms with Crippen LogP contribution in [0.4, 0.5) is 12.0 Å². The molecule has 16 nitrogen and oxygen atoms in total. The molecule has 2 aromatic heterocycles. The maximum Gasteiger partial charge on any atom is 0.396 e. The summed E-state index contributed by atoms with van der Waals surface area (Å²) in [6, 6.07) is 19.9. The van der Waals surface area contributed by atoms with Gasteiger partial charge in [-0.3, -0.25) is 0 Å². The first kappa shape index (κ1) is 48.5. The normalized spacial score (nSPS) is 25.4. The zero-order chi connectivity index (χ0) is 48.0. The second kappa shape index (κ2) is 22.1. The van der Waals surface area contributed by atoms with E-state index in [0.717, 1.165) is 122 Å². The molecular weight excluding hydrogens is 901 g/mol. The van der Waals surface area contributed by atoms with Crippen molar-refractivity contribution in [2.45, 2.75) is 121 Å². The molecule has 12 rings (SSSR count). The van der Waals surface area contributed by atoms with E-state index in [1.165, 1.54) is 94.8 Å². The monoisotopic (exact) mass is 977 g/mol. The lowest BCUT2D eigenvalue weighted by molar-refractivity contribution is 0.0479. The third kappa shape index (κ3) is 11.3. The number of benzene rings is 2. The summed E-state index contributed by atoms with van der Waals surface area (Å²) in [6.45, 7) is 15.8. The van der Waals surface area contributed by atoms with E-state index in [4.69, 9.17) is 32.5 Å². The van der Waals surface area contributed by atoms with Crippen LogP contribution in [0.2, 0.25) is 0 Å². The molecule has 4 aromatic rings. The molecule has 6 saturated heterocycles. The number of anilines is 2. The number of carbonyl (C=O) groups excluding carboxylic acids is 1. The Morgan fingerprint density at radius 1 is 0.620 bits per heavy atom. The van der Waals surface area contributed by atoms with Crippen LogP contribution < -0.4 is 19.3 Å². The molecule has 6 aliphatic heterocycles. The van der Waals surface area contributed by atoms with E-state index in [0.29, 0.717) is 59.2 Å². The molecule has 8 heterocycles. The molecule has 384 valence electrons. The summed E-state index contributed by atoms with van der Waals surface area (Å²) < 4.78 is 39.6. The Morgan fingerprint density at radius 3 is 1.59 bits per heavy atom. The van der Waals surface area contributed by atoms with Crippen molar-refractivity contribution in [1.29, 1.82) is 0 Å². The van der Waals surface area contributed by atoms with E-state index >= 15 is 0 Å². The van der Waals surface area contributed by atoms with E-state index in [1.54, 1.807) is 6.92 Å². The van der Waals surface area contributed by atoms with Crippen LogP contribution in [0.15, 0.2) is 63.8 Å². The quantitative estimate of drug-likeness (QED) is 0.111. The van der Waals surface area contributed by atoms with Crippen molar-refractivity contribution in [1.82, 2.24) is 30.2 Å². The van der Waals surface area contributed by atoms with Crippen molar-refractivity contribution in [3.8, 4) is 11.5 Å². The number of ether oxygens (including phenoxy) is 5. The lowest BCUT2D eigenvalue weighted by Gasteiger charge is -2.48. The molecule has 2 aromatic carbocycles. The number of nitrogens with zero attached hydrogens (tertiary/aromatic N) is 8. The van der Waals surface area contributed by atoms with Gasteiger partial charge in [0, 0.05) is 75.5 Å². The first-order chi connectivity index (χ1) is 34.9. The Hall–Kier alpha value is -4.77. The molecule has 71 heavy (non-hydrogen) atoms. The van der Waals surface area contributed by atoms with Crippen molar-refractivity contribution >= 4 is 18.0 Å². The number of hydrogen-bond acceptors (Lipinski definition) is 16. The molecule has 0 unspecified atom stereocenters. The molecule has 0 radical (unpaired) electrons. The van der Waals surface area contributed by atoms with Crippen molar-refractivity contribution in [3.63, 3.8) is 0 Å². The van der Waals surface area contributed by atoms with Crippen LogP contribution in [-0.2, 0) is 14.2 Å². The molecule has 0 N–H and O–H groups in total. The highest BCUT2D eigenvalue weighted by Gasteiger charge is 2.52. The number of likely N-dealkylation sites (tertiary alicyclic amines) is 2. The fraction of sp³-hybridized carbons (Fsp3) is 0.691. The highest BCUT2D eigenvalue weighted by Crippen LogP contribution is 2.50. The molecule has 0 bridgehead atoms. The fourth-order valence-corrected chi connectivity index (χ4v) is 13.6. The largest absolute Gasteiger partial charge is 0.493 e. The van der Waals surface area contributed by atoms with Crippen LogP contribution in [-0.4, -0.2) is 147 Å². The zero-order valence-corrected chi connectivity index (χ0v) is 42.0. The second-order valence-corrected chi connectivity index (χ2v) is 22.3. The topological polar surface area (TPSA) is 154 Å². The lowest BCUT2D eigenvalue weighted by Crippen LogP contribution is -2.56. The standard InChI is InChI=1S/C29H40N4O5.C26H36N4O3/c1-2-36-27(34)26-30-31-28(38-26)33-19-29(20-33)12-7-23(17-29)32-13-8-22(9-14-32)24-5-3-4-6-25(24)37-18-21-10-15-35-16-11-21;1-2-4-24(32-16-20-8-13-31-14-9-20)23(3-1)21-6-11-29(12-7-21)22-5-10-26(15-22)17-30(18-26)25-28-27-19-33-25/h3-6,21-23H,2,7-20H2,1H3;1-4,19-22H,5-18H2/t23-;22-/m11/s1. The smallest absolute Gasteiger partial charge is 0.396 e. The van der Waals surface area contributed by atoms with Crippen LogP contribution in [0, 0.1) is 22.7 Å². The Bertz CT molecular complexity index is 2310. The Morgan fingerprint density at radius 2 is 1.11 bits per heavy atom. The van der Waals surface area contributed by atoms with Gasteiger partial charge in [0.2, 0.25) is 6.39 Å². The predicted molar refractivity (Wildman–Crippen MR) is 267 cm³/mol. The van der Waals surface area contributed by atoms with Crippen LogP contribution in [0.5, 0.6) is 11.5 Å². The molecule has 8 fully saturated rings. The lowest BCUT2D eigenvalue weighted by atomic mass is 9.78. The molecule has 2 spiro atoms. The van der Waals surface area contributed by atoms with Gasteiger partial charge in [-0.05, 0) is 170 Å². The minimum absolute atomic E-state index is 0.0643. The summed E-state index contributed by atoms with van der Waals surface area (Å²) >= 11 is 0. The van der Waals surface area contributed by atoms with Crippen molar-refractivity contribution in [3.05, 3.63) is 71.9 Å². The number of para-hydroxylation sites is 2. The summed E-state index contributed by atoms with van der Waals surface area (Å²) in [5.41, 5.74) is 3.59. The Kier molecular flexibility index (Phi) is 15.1. The number of hydrogen-bond donors (Lipinski definition) is 0. The number of rotatable bonds is 14. The van der Waals surface area contributed by atoms with Gasteiger partial charge in [0.25, 0.3) is 0 Å². The number of piperidine rings is 2. The number of aromatic nitrogens is 4. The highest BCUT2D eigenvalue weighted by atomic mass is 16.5. The predicted octanol–water partition coefficient (Wildman–Crippen LogP) is 8.40. The molecule has 8 aliphatic rings. The van der Waals surface area contributed by atoms with Gasteiger partial charge in [-0.1, -0.05) is 51.7 Å². The van der Waals surface area contributed by atoms with Crippen molar-refractivity contribution in [2.24, 2.45) is 22.7 Å². The molecule has 2 saturated carbocycles. The maximum absolute atomic E-state index is 11.8. The molecular formula is C55H76N8O8. The Balaban J connectivity index is 0.000000155. The third-order valence-electron chi connectivity index (χ3n) is 17.7. The summed E-state index contributed by atoms with van der Waals surface area (Å²) in [5, 5.41) is 15.8. The van der Waals surface area contributed by atoms with Gasteiger partial charge in [-0.25, -0.2) is 4.79 Å². The summed E-state index contributed by atoms with van der Waals surface area (Å²) in [4.78, 5) is 21.7. The summed E-state index contributed by atoms with van der Waals surface area (Å²) in [7, 11) is 0.